The van der Waals surface area contributed by atoms with Crippen molar-refractivity contribution in [3.05, 3.63) is 17.5 Å². The predicted octanol–water partition coefficient (Wildman–Crippen LogP) is 1.55. The highest BCUT2D eigenvalue weighted by molar-refractivity contribution is 5.92. The van der Waals surface area contributed by atoms with Crippen molar-refractivity contribution in [1.29, 1.82) is 0 Å². The molecule has 0 saturated carbocycles. The van der Waals surface area contributed by atoms with Crippen LogP contribution in [-0.4, -0.2) is 63.5 Å². The smallest absolute Gasteiger partial charge is 0.326 e. The maximum atomic E-state index is 12.6. The Morgan fingerprint density at radius 2 is 2.04 bits per heavy atom. The Bertz CT molecular complexity index is 681. The Kier molecular flexibility index (Phi) is 5.02. The molecular weight excluding hydrogens is 338 g/mol. The van der Waals surface area contributed by atoms with Crippen LogP contribution in [0.4, 0.5) is 0 Å². The molecule has 8 heteroatoms. The third kappa shape index (κ3) is 3.45. The molecule has 1 N–H and O–H groups in total. The van der Waals surface area contributed by atoms with Crippen molar-refractivity contribution < 1.29 is 24.0 Å². The van der Waals surface area contributed by atoms with Gasteiger partial charge in [-0.05, 0) is 31.1 Å². The van der Waals surface area contributed by atoms with Gasteiger partial charge < -0.3 is 19.4 Å². The third-order valence-electron chi connectivity index (χ3n) is 5.58. The standard InChI is InChI=1S/C18H25N3O5/c1-3-4-13-9-14(19-26-13)16(23)20-7-5-18(6-8-20)10-15(17(24)25)21(11-18)12(2)22/h9,15H,3-8,10-11H2,1-2H3,(H,24,25). The lowest BCUT2D eigenvalue weighted by Gasteiger charge is -2.38. The summed E-state index contributed by atoms with van der Waals surface area (Å²) in [5, 5.41) is 13.3. The average Bonchev–Trinajstić information content (AvgIpc) is 3.21. The molecule has 3 rings (SSSR count). The first kappa shape index (κ1) is 18.4. The zero-order chi connectivity index (χ0) is 18.9. The fourth-order valence-electron chi connectivity index (χ4n) is 4.09. The molecule has 1 spiro atoms. The van der Waals surface area contributed by atoms with Crippen LogP contribution in [0.3, 0.4) is 0 Å². The van der Waals surface area contributed by atoms with Crippen molar-refractivity contribution in [3.8, 4) is 0 Å². The van der Waals surface area contributed by atoms with Crippen molar-refractivity contribution in [1.82, 2.24) is 15.0 Å². The molecule has 8 nitrogen and oxygen atoms in total. The quantitative estimate of drug-likeness (QED) is 0.870. The van der Waals surface area contributed by atoms with Gasteiger partial charge in [0.05, 0.1) is 0 Å². The van der Waals surface area contributed by atoms with Gasteiger partial charge in [-0.15, -0.1) is 0 Å². The second-order valence-corrected chi connectivity index (χ2v) is 7.43. The number of carbonyl (C=O) groups excluding carboxylic acids is 2. The molecule has 2 fully saturated rings. The lowest BCUT2D eigenvalue weighted by molar-refractivity contribution is -0.147. The van der Waals surface area contributed by atoms with E-state index >= 15 is 0 Å². The first-order valence-electron chi connectivity index (χ1n) is 9.10. The highest BCUT2D eigenvalue weighted by Crippen LogP contribution is 2.43. The first-order chi connectivity index (χ1) is 12.3. The number of amides is 2. The molecule has 0 radical (unpaired) electrons. The van der Waals surface area contributed by atoms with Gasteiger partial charge in [0.1, 0.15) is 11.8 Å². The molecule has 2 saturated heterocycles. The van der Waals surface area contributed by atoms with Crippen LogP contribution < -0.4 is 0 Å². The molecule has 3 heterocycles. The normalized spacial score (nSPS) is 22.0. The number of aliphatic carboxylic acids is 1. The van der Waals surface area contributed by atoms with E-state index < -0.39 is 12.0 Å². The fourth-order valence-corrected chi connectivity index (χ4v) is 4.09. The largest absolute Gasteiger partial charge is 0.480 e. The summed E-state index contributed by atoms with van der Waals surface area (Å²) in [4.78, 5) is 39.1. The van der Waals surface area contributed by atoms with E-state index in [-0.39, 0.29) is 17.2 Å². The fraction of sp³-hybridized carbons (Fsp3) is 0.667. The minimum absolute atomic E-state index is 0.151. The number of carboxylic acids is 1. The van der Waals surface area contributed by atoms with Gasteiger partial charge in [0.15, 0.2) is 5.69 Å². The molecule has 1 atom stereocenters. The number of nitrogens with zero attached hydrogens (tertiary/aromatic N) is 3. The Morgan fingerprint density at radius 3 is 2.58 bits per heavy atom. The van der Waals surface area contributed by atoms with Gasteiger partial charge in [0.2, 0.25) is 5.91 Å². The topological polar surface area (TPSA) is 104 Å². The molecule has 1 unspecified atom stereocenters. The summed E-state index contributed by atoms with van der Waals surface area (Å²) < 4.78 is 5.18. The number of carboxylic acid groups (broad SMARTS) is 1. The Morgan fingerprint density at radius 1 is 1.35 bits per heavy atom. The van der Waals surface area contributed by atoms with E-state index in [1.54, 1.807) is 11.0 Å². The zero-order valence-electron chi connectivity index (χ0n) is 15.2. The number of aromatic nitrogens is 1. The molecule has 2 aliphatic rings. The summed E-state index contributed by atoms with van der Waals surface area (Å²) in [6.07, 6.45) is 3.50. The lowest BCUT2D eigenvalue weighted by atomic mass is 9.76. The third-order valence-corrected chi connectivity index (χ3v) is 5.58. The second-order valence-electron chi connectivity index (χ2n) is 7.43. The lowest BCUT2D eigenvalue weighted by Crippen LogP contribution is -2.44. The molecule has 2 aliphatic heterocycles. The van der Waals surface area contributed by atoms with Crippen LogP contribution in [0.2, 0.25) is 0 Å². The van der Waals surface area contributed by atoms with E-state index in [1.807, 2.05) is 6.92 Å². The van der Waals surface area contributed by atoms with E-state index in [9.17, 15) is 19.5 Å². The molecule has 0 aliphatic carbocycles. The number of hydrogen-bond donors (Lipinski definition) is 1. The van der Waals surface area contributed by atoms with Crippen LogP contribution in [0, 0.1) is 5.41 Å². The molecule has 1 aromatic rings. The summed E-state index contributed by atoms with van der Waals surface area (Å²) in [6, 6.07) is 0.936. The van der Waals surface area contributed by atoms with E-state index in [4.69, 9.17) is 4.52 Å². The van der Waals surface area contributed by atoms with E-state index in [1.165, 1.54) is 11.8 Å². The Labute approximate surface area is 152 Å². The van der Waals surface area contributed by atoms with Gasteiger partial charge in [-0.25, -0.2) is 4.79 Å². The van der Waals surface area contributed by atoms with Crippen molar-refractivity contribution in [2.24, 2.45) is 5.41 Å². The number of aryl methyl sites for hydroxylation is 1. The van der Waals surface area contributed by atoms with Crippen molar-refractivity contribution in [2.45, 2.75) is 52.0 Å². The van der Waals surface area contributed by atoms with Gasteiger partial charge in [-0.2, -0.15) is 0 Å². The molecule has 26 heavy (non-hydrogen) atoms. The van der Waals surface area contributed by atoms with Gasteiger partial charge in [-0.3, -0.25) is 9.59 Å². The summed E-state index contributed by atoms with van der Waals surface area (Å²) in [5.41, 5.74) is 0.104. The molecule has 2 amide bonds. The highest BCUT2D eigenvalue weighted by atomic mass is 16.5. The van der Waals surface area contributed by atoms with Crippen LogP contribution in [0.1, 0.15) is 55.8 Å². The first-order valence-corrected chi connectivity index (χ1v) is 9.10. The van der Waals surface area contributed by atoms with E-state index in [2.05, 4.69) is 5.16 Å². The van der Waals surface area contributed by atoms with Crippen LogP contribution in [0.5, 0.6) is 0 Å². The molecular formula is C18H25N3O5. The van der Waals surface area contributed by atoms with Crippen LogP contribution in [0.25, 0.3) is 0 Å². The van der Waals surface area contributed by atoms with Gasteiger partial charge >= 0.3 is 5.97 Å². The van der Waals surface area contributed by atoms with Crippen LogP contribution in [0.15, 0.2) is 10.6 Å². The molecule has 142 valence electrons. The van der Waals surface area contributed by atoms with Crippen LogP contribution >= 0.6 is 0 Å². The van der Waals surface area contributed by atoms with Crippen LogP contribution in [-0.2, 0) is 16.0 Å². The number of likely N-dealkylation sites (tertiary alicyclic amines) is 2. The number of piperidine rings is 1. The number of carbonyl (C=O) groups is 3. The molecule has 0 bridgehead atoms. The van der Waals surface area contributed by atoms with Gasteiger partial charge in [0, 0.05) is 39.0 Å². The van der Waals surface area contributed by atoms with E-state index in [0.717, 1.165) is 12.8 Å². The minimum Gasteiger partial charge on any atom is -0.480 e. The average molecular weight is 363 g/mol. The monoisotopic (exact) mass is 363 g/mol. The summed E-state index contributed by atoms with van der Waals surface area (Å²) in [5.74, 6) is -0.607. The predicted molar refractivity (Wildman–Crippen MR) is 91.5 cm³/mol. The van der Waals surface area contributed by atoms with Gasteiger partial charge in [0.25, 0.3) is 5.91 Å². The Hall–Kier alpha value is -2.38. The minimum atomic E-state index is -0.957. The maximum Gasteiger partial charge on any atom is 0.326 e. The molecule has 0 aromatic carbocycles. The Balaban J connectivity index is 1.64. The van der Waals surface area contributed by atoms with Crippen molar-refractivity contribution >= 4 is 17.8 Å². The number of rotatable bonds is 4. The maximum absolute atomic E-state index is 12.6. The van der Waals surface area contributed by atoms with Crippen molar-refractivity contribution in [2.75, 3.05) is 19.6 Å². The van der Waals surface area contributed by atoms with E-state index in [0.29, 0.717) is 50.4 Å². The van der Waals surface area contributed by atoms with Gasteiger partial charge in [-0.1, -0.05) is 12.1 Å². The highest BCUT2D eigenvalue weighted by Gasteiger charge is 2.49. The number of hydrogen-bond acceptors (Lipinski definition) is 5. The molecule has 1 aromatic heterocycles. The SMILES string of the molecule is CCCc1cc(C(=O)N2CCC3(CC2)CC(C(=O)O)N(C(C)=O)C3)no1. The summed E-state index contributed by atoms with van der Waals surface area (Å²) >= 11 is 0. The summed E-state index contributed by atoms with van der Waals surface area (Å²) in [7, 11) is 0. The zero-order valence-corrected chi connectivity index (χ0v) is 15.2. The second kappa shape index (κ2) is 7.09. The van der Waals surface area contributed by atoms with Crippen molar-refractivity contribution in [3.63, 3.8) is 0 Å². The summed E-state index contributed by atoms with van der Waals surface area (Å²) in [6.45, 7) is 4.96.